The summed E-state index contributed by atoms with van der Waals surface area (Å²) in [7, 11) is 0. The van der Waals surface area contributed by atoms with E-state index in [0.29, 0.717) is 0 Å². The van der Waals surface area contributed by atoms with Crippen LogP contribution in [0.15, 0.2) is 0 Å². The zero-order valence-electron chi connectivity index (χ0n) is 6.75. The summed E-state index contributed by atoms with van der Waals surface area (Å²) in [6, 6.07) is 0. The van der Waals surface area contributed by atoms with Crippen molar-refractivity contribution in [1.82, 2.24) is 0 Å². The van der Waals surface area contributed by atoms with Crippen LogP contribution in [0.5, 0.6) is 0 Å². The maximum absolute atomic E-state index is 12.5. The molecule has 0 aromatic heterocycles. The van der Waals surface area contributed by atoms with Gasteiger partial charge in [0.2, 0.25) is 0 Å². The molecule has 1 heterocycles. The molecule has 2 rings (SSSR count). The monoisotopic (exact) mass is 214 g/mol. The van der Waals surface area contributed by atoms with Gasteiger partial charge in [0, 0.05) is 16.4 Å². The Balaban J connectivity index is 2.30. The molecule has 1 saturated carbocycles. The summed E-state index contributed by atoms with van der Waals surface area (Å²) in [6.07, 6.45) is -5.64. The Hall–Kier alpha value is 0.0600. The van der Waals surface area contributed by atoms with Gasteiger partial charge in [-0.15, -0.1) is 11.8 Å². The second-order valence-electron chi connectivity index (χ2n) is 3.58. The summed E-state index contributed by atoms with van der Waals surface area (Å²) < 4.78 is 37.4. The van der Waals surface area contributed by atoms with Crippen molar-refractivity contribution in [3.8, 4) is 0 Å². The van der Waals surface area contributed by atoms with Crippen LogP contribution in [-0.4, -0.2) is 38.6 Å². The largest absolute Gasteiger partial charge is 0.418 e. The minimum absolute atomic E-state index is 0.429. The molecule has 6 heteroatoms. The van der Waals surface area contributed by atoms with Crippen molar-refractivity contribution in [3.05, 3.63) is 0 Å². The first kappa shape index (κ1) is 9.61. The summed E-state index contributed by atoms with van der Waals surface area (Å²) in [5.41, 5.74) is -2.69. The van der Waals surface area contributed by atoms with Gasteiger partial charge in [0.15, 0.2) is 5.60 Å². The molecule has 76 valence electrons. The molecule has 0 aromatic carbocycles. The maximum Gasteiger partial charge on any atom is 0.418 e. The average Bonchev–Trinajstić information content (AvgIpc) is 2.46. The summed E-state index contributed by atoms with van der Waals surface area (Å²) in [4.78, 5) is 0. The summed E-state index contributed by atoms with van der Waals surface area (Å²) in [6.45, 7) is 1.34. The fourth-order valence-corrected chi connectivity index (χ4v) is 3.72. The van der Waals surface area contributed by atoms with E-state index < -0.39 is 34.3 Å². The topological polar surface area (TPSA) is 40.5 Å². The maximum atomic E-state index is 12.5. The Morgan fingerprint density at radius 3 is 2.23 bits per heavy atom. The molecule has 2 nitrogen and oxygen atoms in total. The normalized spacial score (nSPS) is 54.9. The van der Waals surface area contributed by atoms with Crippen LogP contribution in [0.25, 0.3) is 0 Å². The van der Waals surface area contributed by atoms with Crippen molar-refractivity contribution in [2.75, 3.05) is 0 Å². The average molecular weight is 214 g/mol. The smallest absolute Gasteiger partial charge is 0.392 e. The van der Waals surface area contributed by atoms with Crippen LogP contribution in [0.2, 0.25) is 0 Å². The van der Waals surface area contributed by atoms with Gasteiger partial charge in [0.25, 0.3) is 0 Å². The Labute approximate surface area is 77.1 Å². The highest BCUT2D eigenvalue weighted by molar-refractivity contribution is 8.01. The van der Waals surface area contributed by atoms with E-state index in [9.17, 15) is 18.3 Å². The zero-order valence-corrected chi connectivity index (χ0v) is 7.56. The van der Waals surface area contributed by atoms with Gasteiger partial charge >= 0.3 is 6.18 Å². The minimum Gasteiger partial charge on any atom is -0.392 e. The molecule has 0 spiro atoms. The van der Waals surface area contributed by atoms with E-state index in [0.717, 1.165) is 11.8 Å². The van der Waals surface area contributed by atoms with E-state index in [2.05, 4.69) is 0 Å². The number of hydrogen-bond donors (Lipinski definition) is 2. The molecule has 5 atom stereocenters. The van der Waals surface area contributed by atoms with Crippen LogP contribution in [0.4, 0.5) is 13.2 Å². The van der Waals surface area contributed by atoms with Crippen LogP contribution in [-0.2, 0) is 0 Å². The third-order valence-corrected chi connectivity index (χ3v) is 4.51. The number of fused-ring (bicyclic) bond motifs is 1. The number of alkyl halides is 3. The number of rotatable bonds is 0. The Morgan fingerprint density at radius 1 is 1.38 bits per heavy atom. The highest BCUT2D eigenvalue weighted by atomic mass is 32.2. The molecule has 2 aliphatic rings. The third-order valence-electron chi connectivity index (χ3n) is 2.86. The number of aliphatic hydroxyl groups is 2. The van der Waals surface area contributed by atoms with Gasteiger partial charge in [0.05, 0.1) is 6.10 Å². The molecule has 0 radical (unpaired) electrons. The predicted molar refractivity (Wildman–Crippen MR) is 41.3 cm³/mol. The fourth-order valence-electron chi connectivity index (χ4n) is 1.97. The quantitative estimate of drug-likeness (QED) is 0.626. The lowest BCUT2D eigenvalue weighted by atomic mass is 9.93. The van der Waals surface area contributed by atoms with Gasteiger partial charge in [-0.1, -0.05) is 6.92 Å². The van der Waals surface area contributed by atoms with Gasteiger partial charge in [0.1, 0.15) is 0 Å². The van der Waals surface area contributed by atoms with Gasteiger partial charge in [-0.3, -0.25) is 0 Å². The number of aliphatic hydroxyl groups excluding tert-OH is 1. The SMILES string of the molecule is C[C@@H]1S[C@@H]2C(O)C2[C@]1(O)C(F)(F)F. The Bertz CT molecular complexity index is 244. The molecule has 0 bridgehead atoms. The van der Waals surface area contributed by atoms with Crippen LogP contribution < -0.4 is 0 Å². The molecular weight excluding hydrogens is 205 g/mol. The lowest BCUT2D eigenvalue weighted by molar-refractivity contribution is -0.267. The highest BCUT2D eigenvalue weighted by Crippen LogP contribution is 2.64. The number of thioether (sulfide) groups is 1. The van der Waals surface area contributed by atoms with Crippen molar-refractivity contribution in [1.29, 1.82) is 0 Å². The van der Waals surface area contributed by atoms with Crippen LogP contribution in [0.1, 0.15) is 6.92 Å². The first-order valence-corrected chi connectivity index (χ1v) is 4.87. The molecule has 2 unspecified atom stereocenters. The van der Waals surface area contributed by atoms with Crippen LogP contribution in [0, 0.1) is 5.92 Å². The Kier molecular flexibility index (Phi) is 1.74. The summed E-state index contributed by atoms with van der Waals surface area (Å²) >= 11 is 1.02. The second-order valence-corrected chi connectivity index (χ2v) is 5.11. The molecule has 2 fully saturated rings. The van der Waals surface area contributed by atoms with Crippen molar-refractivity contribution in [3.63, 3.8) is 0 Å². The molecule has 1 aliphatic heterocycles. The molecule has 0 aromatic rings. The van der Waals surface area contributed by atoms with Crippen molar-refractivity contribution < 1.29 is 23.4 Å². The van der Waals surface area contributed by atoms with Crippen LogP contribution >= 0.6 is 11.8 Å². The molecule has 13 heavy (non-hydrogen) atoms. The number of hydrogen-bond acceptors (Lipinski definition) is 3. The molecule has 1 saturated heterocycles. The van der Waals surface area contributed by atoms with Crippen molar-refractivity contribution in [2.45, 2.75) is 35.3 Å². The highest BCUT2D eigenvalue weighted by Gasteiger charge is 2.78. The lowest BCUT2D eigenvalue weighted by Gasteiger charge is -2.32. The van der Waals surface area contributed by atoms with E-state index in [-0.39, 0.29) is 0 Å². The van der Waals surface area contributed by atoms with Crippen molar-refractivity contribution in [2.24, 2.45) is 5.92 Å². The number of halogens is 3. The van der Waals surface area contributed by atoms with E-state index in [4.69, 9.17) is 5.11 Å². The van der Waals surface area contributed by atoms with Gasteiger partial charge < -0.3 is 10.2 Å². The molecule has 1 aliphatic carbocycles. The Morgan fingerprint density at radius 2 is 1.92 bits per heavy atom. The van der Waals surface area contributed by atoms with Crippen molar-refractivity contribution >= 4 is 11.8 Å². The van der Waals surface area contributed by atoms with Gasteiger partial charge in [-0.2, -0.15) is 13.2 Å². The summed E-state index contributed by atoms with van der Waals surface area (Å²) in [5, 5.41) is 17.2. The van der Waals surface area contributed by atoms with Gasteiger partial charge in [-0.05, 0) is 0 Å². The molecular formula is C7H9F3O2S. The first-order valence-electron chi connectivity index (χ1n) is 3.92. The summed E-state index contributed by atoms with van der Waals surface area (Å²) in [5.74, 6) is -1.02. The molecule has 2 N–H and O–H groups in total. The van der Waals surface area contributed by atoms with E-state index >= 15 is 0 Å². The minimum atomic E-state index is -4.64. The zero-order chi connectivity index (χ0) is 10.0. The first-order chi connectivity index (χ1) is 5.80. The van der Waals surface area contributed by atoms with E-state index in [1.165, 1.54) is 6.92 Å². The van der Waals surface area contributed by atoms with E-state index in [1.807, 2.05) is 0 Å². The lowest BCUT2D eigenvalue weighted by Crippen LogP contribution is -2.53. The van der Waals surface area contributed by atoms with Crippen LogP contribution in [0.3, 0.4) is 0 Å². The predicted octanol–water partition coefficient (Wildman–Crippen LogP) is 0.774. The third kappa shape index (κ3) is 0.993. The second kappa shape index (κ2) is 2.35. The molecule has 0 amide bonds. The van der Waals surface area contributed by atoms with Gasteiger partial charge in [-0.25, -0.2) is 0 Å². The van der Waals surface area contributed by atoms with E-state index in [1.54, 1.807) is 0 Å². The standard InChI is InChI=1S/C7H9F3O2S/c1-2-6(12,7(8,9)10)3-4(11)5(3)13-2/h2-5,11-12H,1H3/t2-,3?,4?,5-,6-/m0/s1. The fraction of sp³-hybridized carbons (Fsp3) is 1.00.